The number of nitrogens with one attached hydrogen (secondary N) is 1. The maximum Gasteiger partial charge on any atom is 0.235 e. The van der Waals surface area contributed by atoms with Crippen LogP contribution in [0, 0.1) is 5.92 Å². The number of rotatable bonds is 5. The van der Waals surface area contributed by atoms with E-state index in [1.165, 1.54) is 41.5 Å². The molecule has 30 heavy (non-hydrogen) atoms. The van der Waals surface area contributed by atoms with Gasteiger partial charge in [-0.15, -0.1) is 11.3 Å². The summed E-state index contributed by atoms with van der Waals surface area (Å²) in [5, 5.41) is 8.98. The molecule has 0 aliphatic heterocycles. The first-order chi connectivity index (χ1) is 14.6. The molecule has 3 aromatic rings. The number of amides is 1. The number of carbonyl (C=O) groups excluding carboxylic acids is 1. The molecule has 1 unspecified atom stereocenters. The van der Waals surface area contributed by atoms with E-state index in [-0.39, 0.29) is 11.7 Å². The predicted octanol–water partition coefficient (Wildman–Crippen LogP) is 4.44. The predicted molar refractivity (Wildman–Crippen MR) is 122 cm³/mol. The van der Waals surface area contributed by atoms with Gasteiger partial charge in [-0.1, -0.05) is 31.5 Å². The Kier molecular flexibility index (Phi) is 5.41. The maximum atomic E-state index is 12.5. The van der Waals surface area contributed by atoms with Crippen LogP contribution in [0.15, 0.2) is 17.4 Å². The van der Waals surface area contributed by atoms with Crippen LogP contribution in [0.25, 0.3) is 10.2 Å². The number of thiophene rings is 1. The highest BCUT2D eigenvalue weighted by Crippen LogP contribution is 2.40. The number of nitrogens with two attached hydrogens (primary N) is 1. The van der Waals surface area contributed by atoms with Gasteiger partial charge in [0, 0.05) is 10.9 Å². The fourth-order valence-corrected chi connectivity index (χ4v) is 6.68. The highest BCUT2D eigenvalue weighted by atomic mass is 32.2. The zero-order valence-electron chi connectivity index (χ0n) is 17.1. The second-order valence-corrected chi connectivity index (χ2v) is 10.4. The smallest absolute Gasteiger partial charge is 0.235 e. The zero-order chi connectivity index (χ0) is 20.7. The van der Waals surface area contributed by atoms with Crippen LogP contribution in [-0.2, 0) is 17.6 Å². The van der Waals surface area contributed by atoms with Gasteiger partial charge >= 0.3 is 0 Å². The monoisotopic (exact) mass is 442 g/mol. The fraction of sp³-hybridized carbons (Fsp3) is 0.524. The van der Waals surface area contributed by atoms with Crippen LogP contribution < -0.4 is 11.1 Å². The minimum Gasteiger partial charge on any atom is -0.383 e. The van der Waals surface area contributed by atoms with E-state index in [1.54, 1.807) is 17.5 Å². The normalized spacial score (nSPS) is 19.3. The number of hydrogen-bond acceptors (Lipinski definition) is 7. The minimum atomic E-state index is -0.0821. The third-order valence-electron chi connectivity index (χ3n) is 6.10. The molecule has 1 amide bonds. The molecule has 0 radical (unpaired) electrons. The molecule has 0 saturated heterocycles. The van der Waals surface area contributed by atoms with Gasteiger partial charge in [0.1, 0.15) is 16.5 Å². The van der Waals surface area contributed by atoms with E-state index in [0.29, 0.717) is 22.9 Å². The number of fused-ring (bicyclic) bond motifs is 3. The molecular formula is C21H26N6OS2. The number of thioether (sulfide) groups is 1. The van der Waals surface area contributed by atoms with Crippen molar-refractivity contribution >= 4 is 50.9 Å². The first-order valence-corrected chi connectivity index (χ1v) is 12.4. The van der Waals surface area contributed by atoms with Gasteiger partial charge in [-0.2, -0.15) is 5.10 Å². The van der Waals surface area contributed by atoms with E-state index in [2.05, 4.69) is 22.3 Å². The van der Waals surface area contributed by atoms with E-state index in [1.807, 2.05) is 10.7 Å². The Labute approximate surface area is 183 Å². The second kappa shape index (κ2) is 8.19. The van der Waals surface area contributed by atoms with Gasteiger partial charge in [-0.05, 0) is 43.6 Å². The van der Waals surface area contributed by atoms with Crippen LogP contribution in [0.1, 0.15) is 55.5 Å². The molecule has 1 atom stereocenters. The zero-order valence-corrected chi connectivity index (χ0v) is 18.7. The Hall–Kier alpha value is -2.13. The lowest BCUT2D eigenvalue weighted by atomic mass is 9.89. The summed E-state index contributed by atoms with van der Waals surface area (Å²) in [6.45, 7) is 2.29. The van der Waals surface area contributed by atoms with E-state index < -0.39 is 0 Å². The summed E-state index contributed by atoms with van der Waals surface area (Å²) in [4.78, 5) is 24.1. The second-order valence-electron chi connectivity index (χ2n) is 8.36. The molecule has 2 aliphatic carbocycles. The highest BCUT2D eigenvalue weighted by molar-refractivity contribution is 7.99. The van der Waals surface area contributed by atoms with E-state index in [0.717, 1.165) is 41.7 Å². The largest absolute Gasteiger partial charge is 0.383 e. The third-order valence-corrected chi connectivity index (χ3v) is 8.10. The van der Waals surface area contributed by atoms with Crippen molar-refractivity contribution in [3.63, 3.8) is 0 Å². The lowest BCUT2D eigenvalue weighted by Crippen LogP contribution is -2.19. The average molecular weight is 443 g/mol. The topological polar surface area (TPSA) is 98.7 Å². The molecule has 0 bridgehead atoms. The average Bonchev–Trinajstić information content (AvgIpc) is 3.45. The summed E-state index contributed by atoms with van der Waals surface area (Å²) in [5.74, 6) is 2.16. The van der Waals surface area contributed by atoms with Gasteiger partial charge in [0.05, 0.1) is 23.4 Å². The Bertz CT molecular complexity index is 1080. The molecule has 9 heteroatoms. The third kappa shape index (κ3) is 3.80. The Morgan fingerprint density at radius 1 is 1.33 bits per heavy atom. The van der Waals surface area contributed by atoms with Crippen molar-refractivity contribution in [1.29, 1.82) is 0 Å². The molecule has 0 aromatic carbocycles. The summed E-state index contributed by atoms with van der Waals surface area (Å²) in [6.07, 6.45) is 9.76. The van der Waals surface area contributed by atoms with Crippen LogP contribution in [-0.4, -0.2) is 31.4 Å². The van der Waals surface area contributed by atoms with Crippen LogP contribution in [0.5, 0.6) is 0 Å². The van der Waals surface area contributed by atoms with Crippen LogP contribution in [0.4, 0.5) is 11.6 Å². The molecule has 5 rings (SSSR count). The molecule has 1 fully saturated rings. The number of hydrogen-bond donors (Lipinski definition) is 2. The molecular weight excluding hydrogens is 416 g/mol. The van der Waals surface area contributed by atoms with E-state index in [4.69, 9.17) is 10.7 Å². The number of nitrogens with zero attached hydrogens (tertiary/aromatic N) is 4. The molecule has 158 valence electrons. The standard InChI is InChI=1S/C21H26N6OS2/c1-12-6-7-14-15(10-12)30-20-18(14)19(22)25-21(26-20)29-11-17(28)24-16-8-9-23-27(16)13-4-2-3-5-13/h8-9,12-13H,2-7,10-11H2,1H3,(H,24,28)(H2,22,25,26). The van der Waals surface area contributed by atoms with Gasteiger partial charge in [0.25, 0.3) is 0 Å². The molecule has 1 saturated carbocycles. The summed E-state index contributed by atoms with van der Waals surface area (Å²) < 4.78 is 1.95. The number of anilines is 2. The van der Waals surface area contributed by atoms with Crippen LogP contribution in [0.2, 0.25) is 0 Å². The van der Waals surface area contributed by atoms with E-state index in [9.17, 15) is 4.79 Å². The summed E-state index contributed by atoms with van der Waals surface area (Å²) >= 11 is 3.06. The molecule has 3 aromatic heterocycles. The van der Waals surface area contributed by atoms with Crippen molar-refractivity contribution in [1.82, 2.24) is 19.7 Å². The van der Waals surface area contributed by atoms with Crippen molar-refractivity contribution in [3.05, 3.63) is 22.7 Å². The fourth-order valence-electron chi connectivity index (χ4n) is 4.58. The van der Waals surface area contributed by atoms with Gasteiger partial charge in [-0.25, -0.2) is 14.6 Å². The Morgan fingerprint density at radius 3 is 3.00 bits per heavy atom. The van der Waals surface area contributed by atoms with Crippen LogP contribution >= 0.6 is 23.1 Å². The first kappa shape index (κ1) is 19.8. The lowest BCUT2D eigenvalue weighted by molar-refractivity contribution is -0.113. The Balaban J connectivity index is 1.27. The molecule has 0 spiro atoms. The van der Waals surface area contributed by atoms with Gasteiger partial charge in [-0.3, -0.25) is 4.79 Å². The number of carbonyl (C=O) groups is 1. The highest BCUT2D eigenvalue weighted by Gasteiger charge is 2.24. The van der Waals surface area contributed by atoms with Crippen LogP contribution in [0.3, 0.4) is 0 Å². The number of aromatic nitrogens is 4. The molecule has 3 heterocycles. The van der Waals surface area contributed by atoms with Crippen molar-refractivity contribution < 1.29 is 4.79 Å². The Morgan fingerprint density at radius 2 is 2.17 bits per heavy atom. The van der Waals surface area contributed by atoms with Gasteiger partial charge < -0.3 is 11.1 Å². The van der Waals surface area contributed by atoms with Crippen molar-refractivity contribution in [2.75, 3.05) is 16.8 Å². The lowest BCUT2D eigenvalue weighted by Gasteiger charge is -2.17. The van der Waals surface area contributed by atoms with Crippen molar-refractivity contribution in [2.45, 2.75) is 63.1 Å². The van der Waals surface area contributed by atoms with Crippen molar-refractivity contribution in [3.8, 4) is 0 Å². The molecule has 2 aliphatic rings. The first-order valence-electron chi connectivity index (χ1n) is 10.6. The maximum absolute atomic E-state index is 12.5. The minimum absolute atomic E-state index is 0.0821. The summed E-state index contributed by atoms with van der Waals surface area (Å²) in [7, 11) is 0. The molecule has 7 nitrogen and oxygen atoms in total. The summed E-state index contributed by atoms with van der Waals surface area (Å²) in [5.41, 5.74) is 7.63. The van der Waals surface area contributed by atoms with Gasteiger partial charge in [0.2, 0.25) is 5.91 Å². The summed E-state index contributed by atoms with van der Waals surface area (Å²) in [6, 6.07) is 2.25. The quantitative estimate of drug-likeness (QED) is 0.448. The molecule has 3 N–H and O–H groups in total. The van der Waals surface area contributed by atoms with Gasteiger partial charge in [0.15, 0.2) is 5.16 Å². The van der Waals surface area contributed by atoms with E-state index >= 15 is 0 Å². The van der Waals surface area contributed by atoms with Crippen molar-refractivity contribution in [2.24, 2.45) is 5.92 Å². The number of nitrogen functional groups attached to an aromatic ring is 1. The number of aryl methyl sites for hydroxylation is 1. The SMILES string of the molecule is CC1CCc2c(sc3nc(SCC(=O)Nc4ccnn4C4CCCC4)nc(N)c23)C1.